The molecule has 1 aliphatic carbocycles. The Balaban J connectivity index is 2.13. The lowest BCUT2D eigenvalue weighted by molar-refractivity contribution is -0.130. The fourth-order valence-electron chi connectivity index (χ4n) is 2.62. The number of carbonyl (C=O) groups is 1. The topological polar surface area (TPSA) is 58.6 Å². The van der Waals surface area contributed by atoms with E-state index in [1.54, 1.807) is 0 Å². The largest absolute Gasteiger partial charge is 0.391 e. The first-order valence-corrected chi connectivity index (χ1v) is 7.55. The molecule has 1 amide bonds. The molecule has 0 aliphatic heterocycles. The van der Waals surface area contributed by atoms with E-state index in [1.165, 1.54) is 19.3 Å². The Hall–Kier alpha value is -0.610. The molecule has 3 atom stereocenters. The molecule has 2 N–H and O–H groups in total. The molecule has 0 radical (unpaired) electrons. The summed E-state index contributed by atoms with van der Waals surface area (Å²) >= 11 is 0. The van der Waals surface area contributed by atoms with Crippen molar-refractivity contribution >= 4 is 5.91 Å². The predicted molar refractivity (Wildman–Crippen MR) is 75.8 cm³/mol. The number of rotatable bonds is 7. The molecule has 0 aromatic rings. The van der Waals surface area contributed by atoms with Crippen LogP contribution in [0.15, 0.2) is 0 Å². The van der Waals surface area contributed by atoms with E-state index in [0.29, 0.717) is 24.8 Å². The number of hydrogen-bond acceptors (Lipinski definition) is 3. The van der Waals surface area contributed by atoms with Crippen molar-refractivity contribution in [1.82, 2.24) is 5.32 Å². The van der Waals surface area contributed by atoms with Crippen molar-refractivity contribution in [2.24, 2.45) is 11.8 Å². The normalized spacial score (nSPS) is 25.3. The van der Waals surface area contributed by atoms with Gasteiger partial charge in [-0.05, 0) is 31.1 Å². The Kier molecular flexibility index (Phi) is 7.39. The van der Waals surface area contributed by atoms with Crippen molar-refractivity contribution in [2.75, 3.05) is 13.2 Å². The van der Waals surface area contributed by atoms with Crippen LogP contribution >= 0.6 is 0 Å². The zero-order valence-electron chi connectivity index (χ0n) is 12.5. The van der Waals surface area contributed by atoms with Crippen molar-refractivity contribution in [3.63, 3.8) is 0 Å². The van der Waals surface area contributed by atoms with Crippen molar-refractivity contribution in [3.8, 4) is 0 Å². The second-order valence-corrected chi connectivity index (χ2v) is 6.20. The Labute approximate surface area is 116 Å². The number of ether oxygens (including phenoxy) is 1. The quantitative estimate of drug-likeness (QED) is 0.745. The van der Waals surface area contributed by atoms with Gasteiger partial charge in [0.15, 0.2) is 0 Å². The fraction of sp³-hybridized carbons (Fsp3) is 0.933. The molecule has 0 bridgehead atoms. The molecular formula is C15H29NO3. The second kappa shape index (κ2) is 8.54. The summed E-state index contributed by atoms with van der Waals surface area (Å²) in [6.07, 6.45) is 5.20. The lowest BCUT2D eigenvalue weighted by atomic mass is 9.88. The summed E-state index contributed by atoms with van der Waals surface area (Å²) in [5.74, 6) is 0.861. The van der Waals surface area contributed by atoms with Crippen LogP contribution in [0, 0.1) is 11.8 Å². The molecule has 3 unspecified atom stereocenters. The molecule has 1 aliphatic rings. The van der Waals surface area contributed by atoms with Gasteiger partial charge in [0.1, 0.15) is 6.61 Å². The van der Waals surface area contributed by atoms with Crippen LogP contribution in [0.25, 0.3) is 0 Å². The Morgan fingerprint density at radius 1 is 1.37 bits per heavy atom. The van der Waals surface area contributed by atoms with Crippen LogP contribution in [-0.4, -0.2) is 36.4 Å². The van der Waals surface area contributed by atoms with Crippen molar-refractivity contribution in [1.29, 1.82) is 0 Å². The lowest BCUT2D eigenvalue weighted by Gasteiger charge is -2.28. The van der Waals surface area contributed by atoms with Crippen molar-refractivity contribution in [3.05, 3.63) is 0 Å². The highest BCUT2D eigenvalue weighted by atomic mass is 16.5. The number of amides is 1. The summed E-state index contributed by atoms with van der Waals surface area (Å²) in [6.45, 7) is 6.73. The van der Waals surface area contributed by atoms with E-state index in [0.717, 1.165) is 6.42 Å². The second-order valence-electron chi connectivity index (χ2n) is 6.20. The maximum Gasteiger partial charge on any atom is 0.246 e. The zero-order chi connectivity index (χ0) is 14.3. The van der Waals surface area contributed by atoms with Gasteiger partial charge in [0, 0.05) is 6.54 Å². The van der Waals surface area contributed by atoms with Gasteiger partial charge in [0.05, 0.1) is 12.2 Å². The maximum atomic E-state index is 11.6. The minimum atomic E-state index is -0.461. The number of nitrogens with one attached hydrogen (secondary N) is 1. The van der Waals surface area contributed by atoms with E-state index >= 15 is 0 Å². The third-order valence-corrected chi connectivity index (χ3v) is 3.74. The molecule has 0 spiro atoms. The summed E-state index contributed by atoms with van der Waals surface area (Å²) in [6, 6.07) is 0. The summed E-state index contributed by atoms with van der Waals surface area (Å²) in [7, 11) is 0. The average molecular weight is 271 g/mol. The van der Waals surface area contributed by atoms with Crippen LogP contribution in [-0.2, 0) is 9.53 Å². The average Bonchev–Trinajstić information content (AvgIpc) is 2.34. The third-order valence-electron chi connectivity index (χ3n) is 3.74. The van der Waals surface area contributed by atoms with Crippen LogP contribution in [0.1, 0.15) is 52.9 Å². The first-order valence-electron chi connectivity index (χ1n) is 7.55. The molecule has 1 saturated carbocycles. The van der Waals surface area contributed by atoms with Gasteiger partial charge in [-0.15, -0.1) is 0 Å². The smallest absolute Gasteiger partial charge is 0.246 e. The highest BCUT2D eigenvalue weighted by molar-refractivity contribution is 5.77. The van der Waals surface area contributed by atoms with Gasteiger partial charge in [-0.3, -0.25) is 4.79 Å². The summed E-state index contributed by atoms with van der Waals surface area (Å²) in [4.78, 5) is 11.6. The minimum absolute atomic E-state index is 0.114. The molecule has 19 heavy (non-hydrogen) atoms. The number of hydrogen-bond donors (Lipinski definition) is 2. The molecule has 0 heterocycles. The van der Waals surface area contributed by atoms with Crippen molar-refractivity contribution in [2.45, 2.75) is 65.1 Å². The number of carbonyl (C=O) groups excluding carboxylic acids is 1. The zero-order valence-corrected chi connectivity index (χ0v) is 12.5. The molecule has 1 rings (SSSR count). The molecule has 1 fully saturated rings. The van der Waals surface area contributed by atoms with Crippen molar-refractivity contribution < 1.29 is 14.6 Å². The van der Waals surface area contributed by atoms with E-state index in [-0.39, 0.29) is 18.6 Å². The van der Waals surface area contributed by atoms with Crippen LogP contribution in [0.5, 0.6) is 0 Å². The molecule has 4 nitrogen and oxygen atoms in total. The van der Waals surface area contributed by atoms with Gasteiger partial charge in [-0.2, -0.15) is 0 Å². The van der Waals surface area contributed by atoms with Gasteiger partial charge in [-0.25, -0.2) is 0 Å². The van der Waals surface area contributed by atoms with E-state index in [2.05, 4.69) is 26.1 Å². The molecule has 0 aromatic carbocycles. The molecule has 4 heteroatoms. The van der Waals surface area contributed by atoms with Gasteiger partial charge in [-0.1, -0.05) is 33.6 Å². The van der Waals surface area contributed by atoms with E-state index in [4.69, 9.17) is 4.74 Å². The predicted octanol–water partition coefficient (Wildman–Crippen LogP) is 2.10. The van der Waals surface area contributed by atoms with E-state index < -0.39 is 6.10 Å². The van der Waals surface area contributed by atoms with Gasteiger partial charge in [0.25, 0.3) is 0 Å². The standard InChI is InChI=1S/C15H29NO3/c1-11(2)8-13(17)9-16-15(18)10-19-14-7-5-4-6-12(14)3/h11-14,17H,4-10H2,1-3H3,(H,16,18). The molecule has 112 valence electrons. The van der Waals surface area contributed by atoms with Gasteiger partial charge < -0.3 is 15.2 Å². The minimum Gasteiger partial charge on any atom is -0.391 e. The first-order chi connectivity index (χ1) is 8.99. The monoisotopic (exact) mass is 271 g/mol. The van der Waals surface area contributed by atoms with E-state index in [9.17, 15) is 9.90 Å². The molecular weight excluding hydrogens is 242 g/mol. The Morgan fingerprint density at radius 2 is 2.05 bits per heavy atom. The Bertz CT molecular complexity index is 268. The highest BCUT2D eigenvalue weighted by Crippen LogP contribution is 2.25. The van der Waals surface area contributed by atoms with Crippen LogP contribution < -0.4 is 5.32 Å². The third kappa shape index (κ3) is 6.92. The van der Waals surface area contributed by atoms with Crippen LogP contribution in [0.2, 0.25) is 0 Å². The van der Waals surface area contributed by atoms with Gasteiger partial charge >= 0.3 is 0 Å². The maximum absolute atomic E-state index is 11.6. The molecule has 0 aromatic heterocycles. The van der Waals surface area contributed by atoms with Gasteiger partial charge in [0.2, 0.25) is 5.91 Å². The SMILES string of the molecule is CC(C)CC(O)CNC(=O)COC1CCCCC1C. The van der Waals surface area contributed by atoms with E-state index in [1.807, 2.05) is 0 Å². The summed E-state index contributed by atoms with van der Waals surface area (Å²) in [5, 5.41) is 12.4. The molecule has 0 saturated heterocycles. The lowest BCUT2D eigenvalue weighted by Crippen LogP contribution is -2.37. The first kappa shape index (κ1) is 16.4. The fourth-order valence-corrected chi connectivity index (χ4v) is 2.62. The highest BCUT2D eigenvalue weighted by Gasteiger charge is 2.22. The van der Waals surface area contributed by atoms with Crippen LogP contribution in [0.3, 0.4) is 0 Å². The number of aliphatic hydroxyl groups is 1. The van der Waals surface area contributed by atoms with Crippen LogP contribution in [0.4, 0.5) is 0 Å². The summed E-state index contributed by atoms with van der Waals surface area (Å²) in [5.41, 5.74) is 0. The Morgan fingerprint density at radius 3 is 2.68 bits per heavy atom. The number of aliphatic hydroxyl groups excluding tert-OH is 1. The summed E-state index contributed by atoms with van der Waals surface area (Å²) < 4.78 is 5.68.